The zero-order valence-corrected chi connectivity index (χ0v) is 17.1. The second kappa shape index (κ2) is 8.86. The molecule has 1 aliphatic carbocycles. The Morgan fingerprint density at radius 3 is 2.52 bits per heavy atom. The van der Waals surface area contributed by atoms with Gasteiger partial charge in [-0.2, -0.15) is 0 Å². The van der Waals surface area contributed by atoms with Crippen LogP contribution < -0.4 is 15.8 Å². The third kappa shape index (κ3) is 4.72. The van der Waals surface area contributed by atoms with Gasteiger partial charge in [0.15, 0.2) is 0 Å². The fourth-order valence-electron chi connectivity index (χ4n) is 4.28. The van der Waals surface area contributed by atoms with Crippen molar-refractivity contribution in [2.75, 3.05) is 36.4 Å². The summed E-state index contributed by atoms with van der Waals surface area (Å²) < 4.78 is 0. The van der Waals surface area contributed by atoms with Crippen LogP contribution in [0, 0.1) is 5.92 Å². The molecule has 2 heterocycles. The first-order valence-corrected chi connectivity index (χ1v) is 10.6. The molecule has 2 aliphatic rings. The average Bonchev–Trinajstić information content (AvgIpc) is 2.74. The van der Waals surface area contributed by atoms with E-state index in [0.717, 1.165) is 62.6 Å². The summed E-state index contributed by atoms with van der Waals surface area (Å²) in [4.78, 5) is 35.3. The van der Waals surface area contributed by atoms with Crippen molar-refractivity contribution in [2.24, 2.45) is 5.92 Å². The number of aromatic nitrogens is 2. The number of hydrogen-bond donors (Lipinski definition) is 2. The predicted octanol–water partition coefficient (Wildman–Crippen LogP) is 2.74. The second-order valence-corrected chi connectivity index (χ2v) is 8.16. The molecule has 0 unspecified atom stereocenters. The third-order valence-electron chi connectivity index (χ3n) is 5.89. The number of para-hydroxylation sites is 1. The molecule has 154 valence electrons. The van der Waals surface area contributed by atoms with E-state index in [4.69, 9.17) is 11.6 Å². The van der Waals surface area contributed by atoms with E-state index < -0.39 is 0 Å². The fourth-order valence-corrected chi connectivity index (χ4v) is 4.53. The first-order valence-electron chi connectivity index (χ1n) is 10.2. The number of carbonyl (C=O) groups is 1. The zero-order valence-electron chi connectivity index (χ0n) is 16.3. The Hall–Kier alpha value is -2.54. The topological polar surface area (TPSA) is 81.3 Å². The molecule has 2 fully saturated rings. The van der Waals surface area contributed by atoms with Crippen molar-refractivity contribution in [3.05, 3.63) is 52.0 Å². The van der Waals surface area contributed by atoms with Crippen LogP contribution in [0.25, 0.3) is 0 Å². The van der Waals surface area contributed by atoms with Gasteiger partial charge in [0.2, 0.25) is 5.91 Å². The Labute approximate surface area is 175 Å². The summed E-state index contributed by atoms with van der Waals surface area (Å²) in [6, 6.07) is 9.58. The van der Waals surface area contributed by atoms with Crippen molar-refractivity contribution >= 4 is 29.0 Å². The molecule has 2 aromatic rings. The van der Waals surface area contributed by atoms with Gasteiger partial charge >= 0.3 is 0 Å². The zero-order chi connectivity index (χ0) is 20.2. The third-order valence-corrected chi connectivity index (χ3v) is 6.21. The number of aromatic amines is 1. The van der Waals surface area contributed by atoms with Gasteiger partial charge in [-0.15, -0.1) is 0 Å². The molecule has 0 bridgehead atoms. The van der Waals surface area contributed by atoms with Crippen LogP contribution in [-0.2, 0) is 4.79 Å². The van der Waals surface area contributed by atoms with Crippen molar-refractivity contribution in [1.29, 1.82) is 0 Å². The molecular formula is C21H26ClN5O2. The van der Waals surface area contributed by atoms with E-state index in [1.807, 2.05) is 29.2 Å². The molecule has 1 saturated carbocycles. The number of rotatable bonds is 4. The molecule has 1 saturated heterocycles. The minimum atomic E-state index is -0.165. The van der Waals surface area contributed by atoms with Crippen LogP contribution in [-0.4, -0.2) is 53.0 Å². The highest BCUT2D eigenvalue weighted by Crippen LogP contribution is 2.29. The number of H-pyrrole nitrogens is 1. The van der Waals surface area contributed by atoms with Crippen molar-refractivity contribution < 1.29 is 4.79 Å². The average molecular weight is 416 g/mol. The van der Waals surface area contributed by atoms with Gasteiger partial charge in [-0.05, 0) is 37.8 Å². The molecule has 0 radical (unpaired) electrons. The highest BCUT2D eigenvalue weighted by molar-refractivity contribution is 6.33. The fraction of sp³-hybridized carbons (Fsp3) is 0.476. The molecule has 29 heavy (non-hydrogen) atoms. The largest absolute Gasteiger partial charge is 0.367 e. The molecular weight excluding hydrogens is 390 g/mol. The lowest BCUT2D eigenvalue weighted by Crippen LogP contribution is -2.51. The van der Waals surface area contributed by atoms with Gasteiger partial charge in [0.05, 0.1) is 17.0 Å². The van der Waals surface area contributed by atoms with Crippen molar-refractivity contribution in [3.63, 3.8) is 0 Å². The quantitative estimate of drug-likeness (QED) is 0.802. The highest BCUT2D eigenvalue weighted by Gasteiger charge is 2.31. The maximum atomic E-state index is 13.0. The minimum absolute atomic E-state index is 0.0899. The predicted molar refractivity (Wildman–Crippen MR) is 114 cm³/mol. The van der Waals surface area contributed by atoms with Gasteiger partial charge < -0.3 is 20.1 Å². The van der Waals surface area contributed by atoms with E-state index in [2.05, 4.69) is 20.2 Å². The maximum absolute atomic E-state index is 13.0. The van der Waals surface area contributed by atoms with E-state index in [0.29, 0.717) is 5.82 Å². The summed E-state index contributed by atoms with van der Waals surface area (Å²) in [6.45, 7) is 3.08. The molecule has 4 rings (SSSR count). The second-order valence-electron chi connectivity index (χ2n) is 7.75. The Kier molecular flexibility index (Phi) is 6.04. The Balaban J connectivity index is 1.26. The maximum Gasteiger partial charge on any atom is 0.252 e. The van der Waals surface area contributed by atoms with Gasteiger partial charge in [-0.3, -0.25) is 9.59 Å². The van der Waals surface area contributed by atoms with Crippen LogP contribution in [0.15, 0.2) is 41.5 Å². The number of halogens is 1. The molecule has 1 amide bonds. The minimum Gasteiger partial charge on any atom is -0.367 e. The van der Waals surface area contributed by atoms with Crippen LogP contribution in [0.3, 0.4) is 0 Å². The number of benzene rings is 1. The highest BCUT2D eigenvalue weighted by atomic mass is 35.5. The Bertz CT molecular complexity index is 902. The van der Waals surface area contributed by atoms with Gasteiger partial charge in [-0.1, -0.05) is 23.7 Å². The van der Waals surface area contributed by atoms with Crippen LogP contribution in [0.4, 0.5) is 11.5 Å². The monoisotopic (exact) mass is 415 g/mol. The molecule has 0 spiro atoms. The normalized spacial score (nSPS) is 22.4. The molecule has 1 aromatic carbocycles. The van der Waals surface area contributed by atoms with Gasteiger partial charge in [-0.25, -0.2) is 4.98 Å². The smallest absolute Gasteiger partial charge is 0.252 e. The van der Waals surface area contributed by atoms with E-state index >= 15 is 0 Å². The lowest BCUT2D eigenvalue weighted by molar-refractivity contribution is -0.136. The first kappa shape index (κ1) is 19.8. The Morgan fingerprint density at radius 2 is 1.83 bits per heavy atom. The number of anilines is 2. The lowest BCUT2D eigenvalue weighted by Gasteiger charge is -2.39. The van der Waals surface area contributed by atoms with Crippen molar-refractivity contribution in [2.45, 2.75) is 31.7 Å². The van der Waals surface area contributed by atoms with E-state index in [-0.39, 0.29) is 23.4 Å². The molecule has 1 aromatic heterocycles. The number of nitrogens with zero attached hydrogens (tertiary/aromatic N) is 3. The molecule has 7 nitrogen and oxygen atoms in total. The number of amides is 1. The summed E-state index contributed by atoms with van der Waals surface area (Å²) in [6.07, 6.45) is 4.95. The lowest BCUT2D eigenvalue weighted by atomic mass is 9.85. The first-order chi connectivity index (χ1) is 14.1. The molecule has 2 N–H and O–H groups in total. The number of carbonyl (C=O) groups excluding carboxylic acids is 1. The Morgan fingerprint density at radius 1 is 1.10 bits per heavy atom. The SMILES string of the molecule is O=C(C1CCC(Nc2cc(=O)[nH]cn2)CC1)N1CCN(c2ccccc2Cl)CC1. The number of piperazine rings is 1. The van der Waals surface area contributed by atoms with E-state index in [9.17, 15) is 9.59 Å². The van der Waals surface area contributed by atoms with Crippen LogP contribution in [0.1, 0.15) is 25.7 Å². The van der Waals surface area contributed by atoms with E-state index in [1.165, 1.54) is 12.4 Å². The summed E-state index contributed by atoms with van der Waals surface area (Å²) in [7, 11) is 0. The van der Waals surface area contributed by atoms with E-state index in [1.54, 1.807) is 0 Å². The van der Waals surface area contributed by atoms with Crippen LogP contribution in [0.5, 0.6) is 0 Å². The molecule has 1 aliphatic heterocycles. The van der Waals surface area contributed by atoms with Crippen molar-refractivity contribution in [3.8, 4) is 0 Å². The van der Waals surface area contributed by atoms with Gasteiger partial charge in [0.1, 0.15) is 5.82 Å². The number of nitrogens with one attached hydrogen (secondary N) is 2. The molecule has 8 heteroatoms. The summed E-state index contributed by atoms with van der Waals surface area (Å²) >= 11 is 6.31. The molecule has 0 atom stereocenters. The summed E-state index contributed by atoms with van der Waals surface area (Å²) in [5, 5.41) is 4.07. The standard InChI is InChI=1S/C21H26ClN5O2/c22-17-3-1-2-4-18(17)26-9-11-27(12-10-26)21(29)15-5-7-16(8-6-15)25-19-13-20(28)24-14-23-19/h1-4,13-16H,5-12H2,(H2,23,24,25,28). The van der Waals surface area contributed by atoms with Crippen molar-refractivity contribution in [1.82, 2.24) is 14.9 Å². The van der Waals surface area contributed by atoms with Crippen LogP contribution >= 0.6 is 11.6 Å². The van der Waals surface area contributed by atoms with Gasteiger partial charge in [0.25, 0.3) is 5.56 Å². The van der Waals surface area contributed by atoms with Gasteiger partial charge in [0, 0.05) is 44.2 Å². The number of hydrogen-bond acceptors (Lipinski definition) is 5. The van der Waals surface area contributed by atoms with Crippen LogP contribution in [0.2, 0.25) is 5.02 Å². The summed E-state index contributed by atoms with van der Waals surface area (Å²) in [5.74, 6) is 0.961. The summed E-state index contributed by atoms with van der Waals surface area (Å²) in [5.41, 5.74) is 0.878.